The zero-order valence-electron chi connectivity index (χ0n) is 19.8. The minimum absolute atomic E-state index is 0.0453. The van der Waals surface area contributed by atoms with Crippen LogP contribution in [-0.4, -0.2) is 43.5 Å². The normalized spacial score (nSPS) is 15.2. The Bertz CT molecular complexity index is 1060. The molecule has 1 aliphatic heterocycles. The lowest BCUT2D eigenvalue weighted by Gasteiger charge is -2.20. The summed E-state index contributed by atoms with van der Waals surface area (Å²) in [5, 5.41) is 2.62. The van der Waals surface area contributed by atoms with E-state index >= 15 is 0 Å². The molecule has 0 aliphatic carbocycles. The van der Waals surface area contributed by atoms with E-state index in [0.717, 1.165) is 29.7 Å². The number of nitrogens with zero attached hydrogens (tertiary/aromatic N) is 1. The van der Waals surface area contributed by atoms with Crippen molar-refractivity contribution in [3.8, 4) is 0 Å². The van der Waals surface area contributed by atoms with Gasteiger partial charge in [0.05, 0.1) is 18.1 Å². The average Bonchev–Trinajstić information content (AvgIpc) is 3.21. The molecule has 2 aromatic carbocycles. The quantitative estimate of drug-likeness (QED) is 0.446. The van der Waals surface area contributed by atoms with E-state index < -0.39 is 30.4 Å². The predicted octanol–water partition coefficient (Wildman–Crippen LogP) is 3.80. The molecule has 0 aromatic heterocycles. The average molecular weight is 467 g/mol. The molecule has 0 bridgehead atoms. The van der Waals surface area contributed by atoms with Crippen LogP contribution >= 0.6 is 0 Å². The van der Waals surface area contributed by atoms with Gasteiger partial charge in [0.2, 0.25) is 5.91 Å². The van der Waals surface area contributed by atoms with Crippen LogP contribution in [0.4, 0.5) is 11.4 Å². The SMILES string of the molecule is CCCCOC(=O)c1ccc(NC(=O)COC(=O)[C@H]2CC(=O)N(c3cccc(C)c3C)C2)cc1. The lowest BCUT2D eigenvalue weighted by molar-refractivity contribution is -0.151. The van der Waals surface area contributed by atoms with Crippen molar-refractivity contribution >= 4 is 35.1 Å². The molecule has 8 nitrogen and oxygen atoms in total. The fraction of sp³-hybridized carbons (Fsp3) is 0.385. The van der Waals surface area contributed by atoms with Gasteiger partial charge in [0, 0.05) is 24.3 Å². The summed E-state index contributed by atoms with van der Waals surface area (Å²) in [6.45, 7) is 6.05. The Morgan fingerprint density at radius 2 is 1.79 bits per heavy atom. The summed E-state index contributed by atoms with van der Waals surface area (Å²) in [6.07, 6.45) is 1.78. The van der Waals surface area contributed by atoms with Gasteiger partial charge in [-0.1, -0.05) is 25.5 Å². The molecule has 8 heteroatoms. The number of carbonyl (C=O) groups excluding carboxylic acids is 4. The van der Waals surface area contributed by atoms with Gasteiger partial charge in [-0.15, -0.1) is 0 Å². The number of aryl methyl sites for hydroxylation is 1. The maximum absolute atomic E-state index is 12.5. The van der Waals surface area contributed by atoms with Gasteiger partial charge in [0.25, 0.3) is 5.91 Å². The molecule has 0 unspecified atom stereocenters. The molecular weight excluding hydrogens is 436 g/mol. The number of esters is 2. The summed E-state index contributed by atoms with van der Waals surface area (Å²) in [5.74, 6) is -2.28. The number of ether oxygens (including phenoxy) is 2. The maximum Gasteiger partial charge on any atom is 0.338 e. The Labute approximate surface area is 199 Å². The van der Waals surface area contributed by atoms with Gasteiger partial charge in [-0.25, -0.2) is 4.79 Å². The number of benzene rings is 2. The van der Waals surface area contributed by atoms with Gasteiger partial charge < -0.3 is 19.7 Å². The Morgan fingerprint density at radius 3 is 2.50 bits per heavy atom. The van der Waals surface area contributed by atoms with Crippen LogP contribution in [0.15, 0.2) is 42.5 Å². The molecule has 1 N–H and O–H groups in total. The molecule has 180 valence electrons. The van der Waals surface area contributed by atoms with E-state index in [1.165, 1.54) is 0 Å². The lowest BCUT2D eigenvalue weighted by Crippen LogP contribution is -2.28. The number of hydrogen-bond donors (Lipinski definition) is 1. The Hall–Kier alpha value is -3.68. The monoisotopic (exact) mass is 466 g/mol. The minimum Gasteiger partial charge on any atom is -0.462 e. The lowest BCUT2D eigenvalue weighted by atomic mass is 10.1. The predicted molar refractivity (Wildman–Crippen MR) is 128 cm³/mol. The first-order valence-electron chi connectivity index (χ1n) is 11.4. The molecule has 2 amide bonds. The first kappa shape index (κ1) is 25.0. The highest BCUT2D eigenvalue weighted by Crippen LogP contribution is 2.29. The van der Waals surface area contributed by atoms with Gasteiger partial charge in [-0.2, -0.15) is 0 Å². The molecule has 0 saturated carbocycles. The maximum atomic E-state index is 12.5. The number of amides is 2. The van der Waals surface area contributed by atoms with E-state index in [4.69, 9.17) is 9.47 Å². The van der Waals surface area contributed by atoms with E-state index in [2.05, 4.69) is 5.32 Å². The van der Waals surface area contributed by atoms with Crippen molar-refractivity contribution in [3.05, 3.63) is 59.2 Å². The number of hydrogen-bond acceptors (Lipinski definition) is 6. The molecule has 1 atom stereocenters. The van der Waals surface area contributed by atoms with Crippen molar-refractivity contribution in [2.75, 3.05) is 30.0 Å². The zero-order chi connectivity index (χ0) is 24.7. The molecule has 1 heterocycles. The molecule has 34 heavy (non-hydrogen) atoms. The Kier molecular flexibility index (Phi) is 8.40. The summed E-state index contributed by atoms with van der Waals surface area (Å²) < 4.78 is 10.3. The third-order valence-electron chi connectivity index (χ3n) is 5.81. The van der Waals surface area contributed by atoms with Gasteiger partial charge in [0.1, 0.15) is 0 Å². The second-order valence-corrected chi connectivity index (χ2v) is 8.35. The van der Waals surface area contributed by atoms with Gasteiger partial charge in [-0.05, 0) is 61.7 Å². The summed E-state index contributed by atoms with van der Waals surface area (Å²) in [5.41, 5.74) is 3.69. The van der Waals surface area contributed by atoms with Gasteiger partial charge in [0.15, 0.2) is 6.61 Å². The molecule has 1 aliphatic rings. The number of anilines is 2. The van der Waals surface area contributed by atoms with Gasteiger partial charge >= 0.3 is 11.9 Å². The molecular formula is C26H30N2O6. The zero-order valence-corrected chi connectivity index (χ0v) is 19.8. The van der Waals surface area contributed by atoms with E-state index in [9.17, 15) is 19.2 Å². The van der Waals surface area contributed by atoms with Crippen molar-refractivity contribution in [2.45, 2.75) is 40.0 Å². The van der Waals surface area contributed by atoms with E-state index in [-0.39, 0.29) is 18.9 Å². The first-order valence-corrected chi connectivity index (χ1v) is 11.4. The standard InChI is InChI=1S/C26H30N2O6/c1-4-5-13-33-25(31)19-9-11-21(12-10-19)27-23(29)16-34-26(32)20-14-24(30)28(15-20)22-8-6-7-17(2)18(22)3/h6-12,20H,4-5,13-16H2,1-3H3,(H,27,29)/t20-/m0/s1. The van der Waals surface area contributed by atoms with E-state index in [0.29, 0.717) is 17.9 Å². The van der Waals surface area contributed by atoms with Crippen LogP contribution in [0.5, 0.6) is 0 Å². The molecule has 1 saturated heterocycles. The fourth-order valence-corrected chi connectivity index (χ4v) is 3.66. The molecule has 0 radical (unpaired) electrons. The van der Waals surface area contributed by atoms with Crippen LogP contribution in [0, 0.1) is 19.8 Å². The second-order valence-electron chi connectivity index (χ2n) is 8.35. The van der Waals surface area contributed by atoms with Crippen molar-refractivity contribution in [2.24, 2.45) is 5.92 Å². The summed E-state index contributed by atoms with van der Waals surface area (Å²) in [7, 11) is 0. The number of rotatable bonds is 9. The molecule has 0 spiro atoms. The highest BCUT2D eigenvalue weighted by molar-refractivity contribution is 6.00. The van der Waals surface area contributed by atoms with Crippen molar-refractivity contribution in [1.29, 1.82) is 0 Å². The van der Waals surface area contributed by atoms with Crippen molar-refractivity contribution in [3.63, 3.8) is 0 Å². The summed E-state index contributed by atoms with van der Waals surface area (Å²) >= 11 is 0. The largest absolute Gasteiger partial charge is 0.462 e. The minimum atomic E-state index is -0.627. The van der Waals surface area contributed by atoms with Crippen molar-refractivity contribution in [1.82, 2.24) is 0 Å². The van der Waals surface area contributed by atoms with E-state index in [1.807, 2.05) is 39.0 Å². The highest BCUT2D eigenvalue weighted by atomic mass is 16.5. The fourth-order valence-electron chi connectivity index (χ4n) is 3.66. The topological polar surface area (TPSA) is 102 Å². The third kappa shape index (κ3) is 6.21. The smallest absolute Gasteiger partial charge is 0.338 e. The van der Waals surface area contributed by atoms with Crippen LogP contribution in [0.3, 0.4) is 0 Å². The Balaban J connectivity index is 1.48. The van der Waals surface area contributed by atoms with Crippen LogP contribution in [0.25, 0.3) is 0 Å². The van der Waals surface area contributed by atoms with E-state index in [1.54, 1.807) is 29.2 Å². The number of unbranched alkanes of at least 4 members (excludes halogenated alkanes) is 1. The number of nitrogens with one attached hydrogen (secondary N) is 1. The van der Waals surface area contributed by atoms with Crippen LogP contribution in [0.2, 0.25) is 0 Å². The van der Waals surface area contributed by atoms with Crippen LogP contribution < -0.4 is 10.2 Å². The molecule has 3 rings (SSSR count). The summed E-state index contributed by atoms with van der Waals surface area (Å²) in [6, 6.07) is 12.0. The van der Waals surface area contributed by atoms with Crippen LogP contribution in [0.1, 0.15) is 47.7 Å². The number of carbonyl (C=O) groups is 4. The Morgan fingerprint density at radius 1 is 1.06 bits per heavy atom. The molecule has 2 aromatic rings. The third-order valence-corrected chi connectivity index (χ3v) is 5.81. The second kappa shape index (κ2) is 11.4. The molecule has 1 fully saturated rings. The van der Waals surface area contributed by atoms with Gasteiger partial charge in [-0.3, -0.25) is 14.4 Å². The van der Waals surface area contributed by atoms with Crippen molar-refractivity contribution < 1.29 is 28.7 Å². The summed E-state index contributed by atoms with van der Waals surface area (Å²) in [4.78, 5) is 50.7. The highest BCUT2D eigenvalue weighted by Gasteiger charge is 2.37. The first-order chi connectivity index (χ1) is 16.3. The van der Waals surface area contributed by atoms with Crippen LogP contribution in [-0.2, 0) is 23.9 Å².